The van der Waals surface area contributed by atoms with E-state index in [1.807, 2.05) is 0 Å². The molecular formula is C10H23IP-. The molecule has 0 spiro atoms. The summed E-state index contributed by atoms with van der Waals surface area (Å²) in [5.41, 5.74) is 0. The zero-order valence-electron chi connectivity index (χ0n) is 8.86. The van der Waals surface area contributed by atoms with Crippen molar-refractivity contribution in [3.8, 4) is 0 Å². The molecule has 0 aliphatic rings. The molecule has 0 saturated heterocycles. The molecule has 0 aromatic rings. The van der Waals surface area contributed by atoms with Gasteiger partial charge in [-0.1, -0.05) is 0 Å². The first-order chi connectivity index (χ1) is 5.76. The standard InChI is InChI=1S/C10H23IP/c1-5-9(3)10(11-6-2)7-8-12-4/h9-10,12H,5-8H2,1-4H3/q-1. The summed E-state index contributed by atoms with van der Waals surface area (Å²) >= 11 is 0.507. The number of hydrogen-bond acceptors (Lipinski definition) is 0. The van der Waals surface area contributed by atoms with Gasteiger partial charge in [0.2, 0.25) is 0 Å². The molecule has 0 nitrogen and oxygen atoms in total. The van der Waals surface area contributed by atoms with Crippen LogP contribution in [0.1, 0.15) is 33.6 Å². The SMILES string of the molecule is CC[I-]C(CCPC)C(C)CC. The van der Waals surface area contributed by atoms with E-state index >= 15 is 0 Å². The molecular weight excluding hydrogens is 278 g/mol. The predicted octanol–water partition coefficient (Wildman–Crippen LogP) is 0.208. The van der Waals surface area contributed by atoms with Gasteiger partial charge in [-0.3, -0.25) is 0 Å². The van der Waals surface area contributed by atoms with E-state index in [-0.39, 0.29) is 0 Å². The van der Waals surface area contributed by atoms with Crippen molar-refractivity contribution in [3.63, 3.8) is 0 Å². The Bertz CT molecular complexity index is 95.8. The first kappa shape index (κ1) is 13.2. The Hall–Kier alpha value is 1.16. The zero-order chi connectivity index (χ0) is 9.40. The van der Waals surface area contributed by atoms with E-state index in [9.17, 15) is 0 Å². The third-order valence-electron chi connectivity index (χ3n) is 2.28. The van der Waals surface area contributed by atoms with Crippen LogP contribution in [0.25, 0.3) is 0 Å². The van der Waals surface area contributed by atoms with Gasteiger partial charge in [0.15, 0.2) is 0 Å². The van der Waals surface area contributed by atoms with Crippen LogP contribution in [0.4, 0.5) is 0 Å². The van der Waals surface area contributed by atoms with Crippen molar-refractivity contribution in [1.82, 2.24) is 0 Å². The predicted molar refractivity (Wildman–Crippen MR) is 57.5 cm³/mol. The average molecular weight is 301 g/mol. The average Bonchev–Trinajstić information content (AvgIpc) is 2.11. The fourth-order valence-electron chi connectivity index (χ4n) is 1.25. The molecule has 0 saturated carbocycles. The van der Waals surface area contributed by atoms with E-state index in [1.165, 1.54) is 32.0 Å². The maximum absolute atomic E-state index is 2.44. The normalized spacial score (nSPS) is 17.3. The van der Waals surface area contributed by atoms with Crippen molar-refractivity contribution >= 4 is 8.58 Å². The summed E-state index contributed by atoms with van der Waals surface area (Å²) in [6, 6.07) is 0. The van der Waals surface area contributed by atoms with Gasteiger partial charge in [0.1, 0.15) is 0 Å². The second kappa shape index (κ2) is 8.74. The third-order valence-corrected chi connectivity index (χ3v) is 6.94. The summed E-state index contributed by atoms with van der Waals surface area (Å²) in [6.07, 6.45) is 4.39. The van der Waals surface area contributed by atoms with Crippen LogP contribution in [0.15, 0.2) is 0 Å². The van der Waals surface area contributed by atoms with Gasteiger partial charge in [-0.15, -0.1) is 0 Å². The fourth-order valence-corrected chi connectivity index (χ4v) is 5.70. The van der Waals surface area contributed by atoms with Crippen LogP contribution in [0.5, 0.6) is 0 Å². The summed E-state index contributed by atoms with van der Waals surface area (Å²) in [6.45, 7) is 9.47. The van der Waals surface area contributed by atoms with Crippen LogP contribution in [-0.4, -0.2) is 21.2 Å². The number of halogens is 1. The van der Waals surface area contributed by atoms with Gasteiger partial charge >= 0.3 is 90.5 Å². The van der Waals surface area contributed by atoms with Crippen LogP contribution in [0.2, 0.25) is 0 Å². The van der Waals surface area contributed by atoms with Crippen LogP contribution >= 0.6 is 8.58 Å². The Morgan fingerprint density at radius 1 is 1.33 bits per heavy atom. The van der Waals surface area contributed by atoms with Gasteiger partial charge in [-0.25, -0.2) is 0 Å². The Balaban J connectivity index is 3.68. The molecule has 3 unspecified atom stereocenters. The summed E-state index contributed by atoms with van der Waals surface area (Å²) in [7, 11) is 1.17. The fraction of sp³-hybridized carbons (Fsp3) is 1.00. The van der Waals surface area contributed by atoms with E-state index in [0.29, 0.717) is 21.2 Å². The molecule has 0 rings (SSSR count). The Morgan fingerprint density at radius 3 is 2.42 bits per heavy atom. The van der Waals surface area contributed by atoms with Crippen LogP contribution < -0.4 is 21.2 Å². The monoisotopic (exact) mass is 301 g/mol. The second-order valence-corrected chi connectivity index (χ2v) is 8.43. The Kier molecular flexibility index (Phi) is 9.59. The molecule has 0 bridgehead atoms. The van der Waals surface area contributed by atoms with Gasteiger partial charge in [0.25, 0.3) is 0 Å². The molecule has 0 radical (unpaired) electrons. The number of rotatable bonds is 7. The maximum atomic E-state index is 2.44. The molecule has 0 aliphatic heterocycles. The molecule has 0 fully saturated rings. The first-order valence-electron chi connectivity index (χ1n) is 4.98. The van der Waals surface area contributed by atoms with E-state index in [0.717, 1.165) is 9.84 Å². The van der Waals surface area contributed by atoms with Crippen molar-refractivity contribution in [2.24, 2.45) is 5.92 Å². The van der Waals surface area contributed by atoms with Crippen molar-refractivity contribution < 1.29 is 21.2 Å². The number of alkyl halides is 2. The first-order valence-corrected chi connectivity index (χ1v) is 9.46. The molecule has 0 heterocycles. The summed E-state index contributed by atoms with van der Waals surface area (Å²) in [5.74, 6) is 0.995. The van der Waals surface area contributed by atoms with Crippen LogP contribution in [0.3, 0.4) is 0 Å². The molecule has 0 amide bonds. The van der Waals surface area contributed by atoms with Crippen molar-refractivity contribution in [2.45, 2.75) is 37.5 Å². The minimum absolute atomic E-state index is 0.507. The van der Waals surface area contributed by atoms with Crippen molar-refractivity contribution in [1.29, 1.82) is 0 Å². The minimum atomic E-state index is 0.507. The van der Waals surface area contributed by atoms with Gasteiger partial charge in [0.05, 0.1) is 0 Å². The van der Waals surface area contributed by atoms with E-state index in [2.05, 4.69) is 27.4 Å². The van der Waals surface area contributed by atoms with Gasteiger partial charge in [0, 0.05) is 0 Å². The molecule has 76 valence electrons. The quantitative estimate of drug-likeness (QED) is 0.358. The molecule has 0 aromatic carbocycles. The summed E-state index contributed by atoms with van der Waals surface area (Å²) in [4.78, 5) is 0. The molecule has 0 aromatic heterocycles. The summed E-state index contributed by atoms with van der Waals surface area (Å²) in [5, 5.41) is 0. The van der Waals surface area contributed by atoms with E-state index < -0.39 is 0 Å². The van der Waals surface area contributed by atoms with Crippen molar-refractivity contribution in [2.75, 3.05) is 17.3 Å². The zero-order valence-corrected chi connectivity index (χ0v) is 12.0. The van der Waals surface area contributed by atoms with Crippen LogP contribution in [-0.2, 0) is 0 Å². The molecule has 3 atom stereocenters. The van der Waals surface area contributed by atoms with Gasteiger partial charge in [-0.05, 0) is 0 Å². The van der Waals surface area contributed by atoms with E-state index in [1.54, 1.807) is 0 Å². The molecule has 12 heavy (non-hydrogen) atoms. The third kappa shape index (κ3) is 5.75. The second-order valence-electron chi connectivity index (χ2n) is 3.22. The van der Waals surface area contributed by atoms with Gasteiger partial charge < -0.3 is 0 Å². The van der Waals surface area contributed by atoms with Gasteiger partial charge in [-0.2, -0.15) is 0 Å². The topological polar surface area (TPSA) is 0 Å². The summed E-state index contributed by atoms with van der Waals surface area (Å²) < 4.78 is 2.59. The Labute approximate surface area is 90.3 Å². The molecule has 0 N–H and O–H groups in total. The van der Waals surface area contributed by atoms with Crippen LogP contribution in [0, 0.1) is 5.92 Å². The van der Waals surface area contributed by atoms with Crippen molar-refractivity contribution in [3.05, 3.63) is 0 Å². The number of hydrogen-bond donors (Lipinski definition) is 0. The van der Waals surface area contributed by atoms with E-state index in [4.69, 9.17) is 0 Å². The molecule has 0 aliphatic carbocycles. The Morgan fingerprint density at radius 2 is 2.00 bits per heavy atom. The molecule has 2 heteroatoms.